The van der Waals surface area contributed by atoms with Crippen LogP contribution in [0.25, 0.3) is 0 Å². The van der Waals surface area contributed by atoms with Gasteiger partial charge >= 0.3 is 24.2 Å². The summed E-state index contributed by atoms with van der Waals surface area (Å²) in [7, 11) is 1.91. The molecule has 0 heterocycles. The van der Waals surface area contributed by atoms with E-state index in [-0.39, 0.29) is 17.2 Å². The molecular weight excluding hydrogens is 894 g/mol. The number of hydrogen-bond acceptors (Lipinski definition) is 4. The number of rotatable bonds is 8. The maximum Gasteiger partial charge on any atom is 0.436 e. The Hall–Kier alpha value is -6.18. The van der Waals surface area contributed by atoms with E-state index in [4.69, 9.17) is 0 Å². The van der Waals surface area contributed by atoms with Gasteiger partial charge in [-0.1, -0.05) is 64.5 Å². The van der Waals surface area contributed by atoms with Crippen LogP contribution in [0.1, 0.15) is 52.6 Å². The Bertz CT molecular complexity index is 2340. The predicted molar refractivity (Wildman–Crippen MR) is 196 cm³/mol. The monoisotopic (exact) mass is 917 g/mol. The number of alkyl halides is 10. The summed E-state index contributed by atoms with van der Waals surface area (Å²) >= 11 is 2.33. The zero-order chi connectivity index (χ0) is 44.7. The number of halogens is 13. The van der Waals surface area contributed by atoms with Crippen LogP contribution in [0.4, 0.5) is 69.7 Å². The highest BCUT2D eigenvalue weighted by atomic mass is 79.9. The van der Waals surface area contributed by atoms with Gasteiger partial charge in [0.2, 0.25) is 0 Å². The van der Waals surface area contributed by atoms with E-state index in [0.29, 0.717) is 21.9 Å². The second-order valence-electron chi connectivity index (χ2n) is 12.7. The fraction of sp³-hybridized carbons (Fsp3) is 0.150. The van der Waals surface area contributed by atoms with E-state index >= 15 is 13.2 Å². The van der Waals surface area contributed by atoms with Gasteiger partial charge in [0.25, 0.3) is 23.6 Å². The van der Waals surface area contributed by atoms with Crippen molar-refractivity contribution >= 4 is 56.6 Å². The Labute approximate surface area is 339 Å². The summed E-state index contributed by atoms with van der Waals surface area (Å²) in [4.78, 5) is 55.4. The summed E-state index contributed by atoms with van der Waals surface area (Å²) in [6.07, 6.45) is -20.5. The average Bonchev–Trinajstić information content (AvgIpc) is 3.19. The molecule has 0 aliphatic carbocycles. The number of anilines is 3. The second-order valence-corrected chi connectivity index (χ2v) is 13.6. The Kier molecular flexibility index (Phi) is 12.3. The molecule has 0 saturated heterocycles. The lowest BCUT2D eigenvalue weighted by Gasteiger charge is -2.35. The van der Waals surface area contributed by atoms with Gasteiger partial charge in [0.15, 0.2) is 11.6 Å². The lowest BCUT2D eigenvalue weighted by Crippen LogP contribution is -2.52. The quantitative estimate of drug-likeness (QED) is 0.115. The Morgan fingerprint density at radius 3 is 1.22 bits per heavy atom. The van der Waals surface area contributed by atoms with Gasteiger partial charge in [-0.05, 0) is 60.7 Å². The summed E-state index contributed by atoms with van der Waals surface area (Å²) in [5.74, 6) is -10.6. The van der Waals surface area contributed by atoms with Crippen LogP contribution in [-0.4, -0.2) is 50.1 Å². The zero-order valence-electron chi connectivity index (χ0n) is 30.3. The third-order valence-corrected chi connectivity index (χ3v) is 9.41. The topological polar surface area (TPSA) is 78.0 Å². The molecule has 0 saturated carbocycles. The van der Waals surface area contributed by atoms with E-state index in [2.05, 4.69) is 15.9 Å². The van der Waals surface area contributed by atoms with Crippen LogP contribution in [-0.2, 0) is 11.8 Å². The largest absolute Gasteiger partial charge is 0.436 e. The lowest BCUT2D eigenvalue weighted by atomic mass is 9.89. The van der Waals surface area contributed by atoms with E-state index < -0.39 is 114 Å². The first-order valence-corrected chi connectivity index (χ1v) is 17.5. The van der Waals surface area contributed by atoms with Crippen LogP contribution in [0.15, 0.2) is 114 Å². The van der Waals surface area contributed by atoms with Crippen LogP contribution in [0.5, 0.6) is 0 Å². The zero-order valence-corrected chi connectivity index (χ0v) is 31.9. The predicted octanol–water partition coefficient (Wildman–Crippen LogP) is 11.1. The van der Waals surface area contributed by atoms with Crippen molar-refractivity contribution in [3.8, 4) is 0 Å². The van der Waals surface area contributed by atoms with Crippen molar-refractivity contribution in [2.24, 2.45) is 0 Å². The van der Waals surface area contributed by atoms with Gasteiger partial charge in [-0.25, -0.2) is 18.1 Å². The summed E-state index contributed by atoms with van der Waals surface area (Å²) in [5, 5.41) is 0. The number of carbonyl (C=O) groups is 4. The Morgan fingerprint density at radius 2 is 0.867 bits per heavy atom. The second kappa shape index (κ2) is 16.5. The minimum absolute atomic E-state index is 0.0769. The van der Waals surface area contributed by atoms with E-state index in [9.17, 15) is 58.7 Å². The van der Waals surface area contributed by atoms with Crippen molar-refractivity contribution < 1.29 is 71.9 Å². The highest BCUT2D eigenvalue weighted by Crippen LogP contribution is 2.58. The summed E-state index contributed by atoms with van der Waals surface area (Å²) in [6, 6.07) is 17.2. The van der Waals surface area contributed by atoms with E-state index in [1.54, 1.807) is 0 Å². The molecule has 0 aliphatic heterocycles. The smallest absolute Gasteiger partial charge is 0.309 e. The van der Waals surface area contributed by atoms with Crippen LogP contribution in [0.3, 0.4) is 0 Å². The minimum Gasteiger partial charge on any atom is -0.309 e. The van der Waals surface area contributed by atoms with Gasteiger partial charge in [-0.3, -0.25) is 19.2 Å². The fourth-order valence-electron chi connectivity index (χ4n) is 5.98. The number of hydrogen-bond donors (Lipinski definition) is 0. The van der Waals surface area contributed by atoms with Crippen molar-refractivity contribution in [2.45, 2.75) is 24.2 Å². The average molecular weight is 919 g/mol. The number of imide groups is 1. The van der Waals surface area contributed by atoms with Crippen LogP contribution < -0.4 is 14.7 Å². The maximum absolute atomic E-state index is 16.5. The van der Waals surface area contributed by atoms with E-state index in [1.807, 2.05) is 0 Å². The molecule has 0 spiro atoms. The fourth-order valence-corrected chi connectivity index (χ4v) is 6.43. The van der Waals surface area contributed by atoms with Crippen LogP contribution in [0, 0.1) is 11.6 Å². The van der Waals surface area contributed by atoms with Gasteiger partial charge in [0, 0.05) is 35.3 Å². The first-order chi connectivity index (χ1) is 27.8. The molecule has 0 bridgehead atoms. The third kappa shape index (κ3) is 8.19. The number of nitrogens with zero attached hydrogens (tertiary/aromatic N) is 3. The maximum atomic E-state index is 16.5. The molecule has 5 aromatic rings. The molecule has 0 aliphatic rings. The first kappa shape index (κ1) is 44.9. The third-order valence-electron chi connectivity index (χ3n) is 8.95. The normalized spacial score (nSPS) is 12.2. The standard InChI is InChI=1S/C40H24BrF12N3O4/c1-54(33(57)21-11-5-3-6-12-21)28-17-9-15-24(30(28)42)35(59)56(36(60)25-16-10-18-29(31(25)43)55(2)34(58)22-13-7-4-8-14-22)32-26(19-23(41)20-27(32)38(45,46)47)37(44,39(48,49)50)40(51,52)53/h3-20H,1-2H3. The van der Waals surface area contributed by atoms with Crippen LogP contribution >= 0.6 is 15.9 Å². The summed E-state index contributed by atoms with van der Waals surface area (Å²) in [5.41, 5.74) is -20.3. The molecular formula is C40H24BrF12N3O4. The van der Waals surface area contributed by atoms with Crippen molar-refractivity contribution in [3.05, 3.63) is 159 Å². The molecule has 0 unspecified atom stereocenters. The van der Waals surface area contributed by atoms with Crippen molar-refractivity contribution in [2.75, 3.05) is 28.8 Å². The lowest BCUT2D eigenvalue weighted by molar-refractivity contribution is -0.348. The van der Waals surface area contributed by atoms with Crippen molar-refractivity contribution in [3.63, 3.8) is 0 Å². The van der Waals surface area contributed by atoms with E-state index in [0.717, 1.165) is 38.4 Å². The first-order valence-electron chi connectivity index (χ1n) is 16.7. The number of benzene rings is 5. The van der Waals surface area contributed by atoms with Gasteiger partial charge in [0.05, 0.1) is 33.8 Å². The Morgan fingerprint density at radius 1 is 0.500 bits per heavy atom. The SMILES string of the molecule is CN(C(=O)c1ccccc1)c1cccc(C(=O)N(C(=O)c2cccc(N(C)C(=O)c3ccccc3)c2F)c2c(C(F)(F)F)cc(Br)cc2C(F)(C(F)(F)F)C(F)(F)F)c1F. The summed E-state index contributed by atoms with van der Waals surface area (Å²) < 4.78 is 179. The van der Waals surface area contributed by atoms with E-state index in [1.165, 1.54) is 60.7 Å². The molecule has 4 amide bonds. The molecule has 60 heavy (non-hydrogen) atoms. The molecule has 7 nitrogen and oxygen atoms in total. The molecule has 5 rings (SSSR count). The molecule has 314 valence electrons. The number of carbonyl (C=O) groups excluding carboxylic acids is 4. The number of amides is 4. The van der Waals surface area contributed by atoms with Crippen molar-refractivity contribution in [1.29, 1.82) is 0 Å². The molecule has 0 aromatic heterocycles. The molecule has 5 aromatic carbocycles. The van der Waals surface area contributed by atoms with Gasteiger partial charge in [-0.15, -0.1) is 0 Å². The highest BCUT2D eigenvalue weighted by Gasteiger charge is 2.75. The molecule has 0 N–H and O–H groups in total. The molecule has 0 fully saturated rings. The van der Waals surface area contributed by atoms with Crippen molar-refractivity contribution in [1.82, 2.24) is 0 Å². The minimum atomic E-state index is -7.17. The molecule has 0 atom stereocenters. The Balaban J connectivity index is 1.86. The summed E-state index contributed by atoms with van der Waals surface area (Å²) in [6.45, 7) is 0. The molecule has 0 radical (unpaired) electrons. The molecule has 20 heteroatoms. The van der Waals surface area contributed by atoms with Gasteiger partial charge < -0.3 is 9.80 Å². The van der Waals surface area contributed by atoms with Crippen LogP contribution in [0.2, 0.25) is 0 Å². The highest BCUT2D eigenvalue weighted by molar-refractivity contribution is 9.10. The van der Waals surface area contributed by atoms with Gasteiger partial charge in [0.1, 0.15) is 0 Å². The van der Waals surface area contributed by atoms with Gasteiger partial charge in [-0.2, -0.15) is 39.5 Å².